The molecular weight excluding hydrogens is 258 g/mol. The number of nitrogens with two attached hydrogens (primary N) is 1. The second kappa shape index (κ2) is 6.20. The molecule has 2 heterocycles. The van der Waals surface area contributed by atoms with E-state index in [-0.39, 0.29) is 0 Å². The maximum Gasteiger partial charge on any atom is 0.0485 e. The van der Waals surface area contributed by atoms with Crippen LogP contribution >= 0.6 is 0 Å². The molecule has 0 saturated carbocycles. The van der Waals surface area contributed by atoms with Gasteiger partial charge >= 0.3 is 0 Å². The molecule has 3 rings (SSSR count). The van der Waals surface area contributed by atoms with Crippen LogP contribution in [0.25, 0.3) is 10.9 Å². The van der Waals surface area contributed by atoms with Gasteiger partial charge in [0.05, 0.1) is 0 Å². The molecule has 2 N–H and O–H groups in total. The standard InChI is InChI=1S/C18H27N3/c1-14-5-6-18-17(13-14)16(15(2)21(18)12-8-19)7-11-20-9-3-4-10-20/h5-6,13H,3-4,7-12,19H2,1-2H3. The predicted octanol–water partition coefficient (Wildman–Crippen LogP) is 2.86. The van der Waals surface area contributed by atoms with Crippen LogP contribution in [0.4, 0.5) is 0 Å². The molecule has 0 atom stereocenters. The Labute approximate surface area is 127 Å². The van der Waals surface area contributed by atoms with Gasteiger partial charge in [0.1, 0.15) is 0 Å². The fourth-order valence-corrected chi connectivity index (χ4v) is 3.67. The Morgan fingerprint density at radius 3 is 2.57 bits per heavy atom. The van der Waals surface area contributed by atoms with E-state index in [1.165, 1.54) is 60.2 Å². The van der Waals surface area contributed by atoms with Crippen LogP contribution in [0.2, 0.25) is 0 Å². The number of nitrogens with zero attached hydrogens (tertiary/aromatic N) is 2. The molecule has 0 radical (unpaired) electrons. The maximum atomic E-state index is 5.80. The topological polar surface area (TPSA) is 34.2 Å². The Balaban J connectivity index is 1.94. The van der Waals surface area contributed by atoms with Crippen molar-refractivity contribution in [2.45, 2.75) is 39.7 Å². The normalized spacial score (nSPS) is 16.1. The van der Waals surface area contributed by atoms with Gasteiger partial charge in [-0.3, -0.25) is 0 Å². The van der Waals surface area contributed by atoms with E-state index in [9.17, 15) is 0 Å². The predicted molar refractivity (Wildman–Crippen MR) is 89.8 cm³/mol. The van der Waals surface area contributed by atoms with Gasteiger partial charge in [-0.05, 0) is 63.9 Å². The van der Waals surface area contributed by atoms with Crippen molar-refractivity contribution in [1.29, 1.82) is 0 Å². The molecule has 1 saturated heterocycles. The van der Waals surface area contributed by atoms with Crippen LogP contribution in [0.3, 0.4) is 0 Å². The molecule has 0 aliphatic carbocycles. The number of aromatic nitrogens is 1. The fraction of sp³-hybridized carbons (Fsp3) is 0.556. The molecule has 1 aliphatic rings. The SMILES string of the molecule is Cc1ccc2c(c1)c(CCN1CCCC1)c(C)n2CCN. The molecule has 1 aromatic carbocycles. The smallest absolute Gasteiger partial charge is 0.0485 e. The van der Waals surface area contributed by atoms with Crippen molar-refractivity contribution >= 4 is 10.9 Å². The molecule has 1 aliphatic heterocycles. The summed E-state index contributed by atoms with van der Waals surface area (Å²) in [5, 5.41) is 1.43. The van der Waals surface area contributed by atoms with Crippen molar-refractivity contribution in [2.75, 3.05) is 26.2 Å². The van der Waals surface area contributed by atoms with Crippen molar-refractivity contribution in [3.05, 3.63) is 35.0 Å². The first-order chi connectivity index (χ1) is 10.2. The monoisotopic (exact) mass is 285 g/mol. The highest BCUT2D eigenvalue weighted by Crippen LogP contribution is 2.27. The van der Waals surface area contributed by atoms with Gasteiger partial charge in [0.2, 0.25) is 0 Å². The minimum absolute atomic E-state index is 0.698. The summed E-state index contributed by atoms with van der Waals surface area (Å²) >= 11 is 0. The number of hydrogen-bond acceptors (Lipinski definition) is 2. The van der Waals surface area contributed by atoms with Gasteiger partial charge in [-0.25, -0.2) is 0 Å². The van der Waals surface area contributed by atoms with Gasteiger partial charge in [-0.15, -0.1) is 0 Å². The first kappa shape index (κ1) is 14.6. The Bertz CT molecular complexity index is 621. The second-order valence-electron chi connectivity index (χ2n) is 6.32. The number of benzene rings is 1. The summed E-state index contributed by atoms with van der Waals surface area (Å²) in [5.74, 6) is 0. The van der Waals surface area contributed by atoms with Crippen molar-refractivity contribution < 1.29 is 0 Å². The van der Waals surface area contributed by atoms with E-state index in [4.69, 9.17) is 5.73 Å². The van der Waals surface area contributed by atoms with E-state index in [0.717, 1.165) is 13.0 Å². The Kier molecular flexibility index (Phi) is 4.32. The molecule has 0 unspecified atom stereocenters. The maximum absolute atomic E-state index is 5.80. The molecule has 0 spiro atoms. The van der Waals surface area contributed by atoms with Crippen molar-refractivity contribution in [1.82, 2.24) is 9.47 Å². The van der Waals surface area contributed by atoms with Crippen LogP contribution in [0, 0.1) is 13.8 Å². The van der Waals surface area contributed by atoms with Crippen LogP contribution < -0.4 is 5.73 Å². The Morgan fingerprint density at radius 1 is 1.10 bits per heavy atom. The van der Waals surface area contributed by atoms with E-state index in [1.807, 2.05) is 0 Å². The summed E-state index contributed by atoms with van der Waals surface area (Å²) in [6.45, 7) is 9.79. The number of likely N-dealkylation sites (tertiary alicyclic amines) is 1. The lowest BCUT2D eigenvalue weighted by Gasteiger charge is -2.14. The van der Waals surface area contributed by atoms with Crippen molar-refractivity contribution in [3.8, 4) is 0 Å². The van der Waals surface area contributed by atoms with E-state index in [0.29, 0.717) is 6.54 Å². The second-order valence-corrected chi connectivity index (χ2v) is 6.32. The summed E-state index contributed by atoms with van der Waals surface area (Å²) in [6.07, 6.45) is 3.89. The number of hydrogen-bond donors (Lipinski definition) is 1. The average Bonchev–Trinajstić information content (AvgIpc) is 3.06. The molecule has 3 nitrogen and oxygen atoms in total. The van der Waals surface area contributed by atoms with E-state index < -0.39 is 0 Å². The highest BCUT2D eigenvalue weighted by atomic mass is 15.1. The minimum atomic E-state index is 0.698. The van der Waals surface area contributed by atoms with E-state index in [2.05, 4.69) is 41.5 Å². The molecule has 2 aromatic rings. The molecule has 1 fully saturated rings. The van der Waals surface area contributed by atoms with Gasteiger partial charge in [0, 0.05) is 36.2 Å². The number of fused-ring (bicyclic) bond motifs is 1. The zero-order valence-corrected chi connectivity index (χ0v) is 13.4. The van der Waals surface area contributed by atoms with Gasteiger partial charge in [-0.1, -0.05) is 11.6 Å². The average molecular weight is 285 g/mol. The molecule has 114 valence electrons. The zero-order chi connectivity index (χ0) is 14.8. The first-order valence-electron chi connectivity index (χ1n) is 8.21. The molecule has 1 aromatic heterocycles. The Hall–Kier alpha value is -1.32. The first-order valence-corrected chi connectivity index (χ1v) is 8.21. The summed E-state index contributed by atoms with van der Waals surface area (Å²) in [4.78, 5) is 2.60. The molecule has 0 amide bonds. The van der Waals surface area contributed by atoms with Crippen molar-refractivity contribution in [3.63, 3.8) is 0 Å². The fourth-order valence-electron chi connectivity index (χ4n) is 3.67. The third-order valence-electron chi connectivity index (χ3n) is 4.84. The number of aryl methyl sites for hydroxylation is 1. The quantitative estimate of drug-likeness (QED) is 0.916. The molecule has 0 bridgehead atoms. The third-order valence-corrected chi connectivity index (χ3v) is 4.84. The largest absolute Gasteiger partial charge is 0.343 e. The van der Waals surface area contributed by atoms with Crippen LogP contribution in [0.15, 0.2) is 18.2 Å². The zero-order valence-electron chi connectivity index (χ0n) is 13.4. The minimum Gasteiger partial charge on any atom is -0.343 e. The van der Waals surface area contributed by atoms with E-state index in [1.54, 1.807) is 0 Å². The summed E-state index contributed by atoms with van der Waals surface area (Å²) in [5.41, 5.74) is 11.4. The van der Waals surface area contributed by atoms with Crippen LogP contribution in [-0.2, 0) is 13.0 Å². The van der Waals surface area contributed by atoms with Gasteiger partial charge in [0.15, 0.2) is 0 Å². The summed E-state index contributed by atoms with van der Waals surface area (Å²) in [6, 6.07) is 6.81. The third kappa shape index (κ3) is 2.85. The number of rotatable bonds is 5. The van der Waals surface area contributed by atoms with E-state index >= 15 is 0 Å². The summed E-state index contributed by atoms with van der Waals surface area (Å²) < 4.78 is 2.40. The van der Waals surface area contributed by atoms with Gasteiger partial charge in [0.25, 0.3) is 0 Å². The van der Waals surface area contributed by atoms with Crippen LogP contribution in [0.1, 0.15) is 29.7 Å². The van der Waals surface area contributed by atoms with Gasteiger partial charge < -0.3 is 15.2 Å². The Morgan fingerprint density at radius 2 is 1.86 bits per heavy atom. The highest BCUT2D eigenvalue weighted by Gasteiger charge is 2.16. The molecule has 21 heavy (non-hydrogen) atoms. The lowest BCUT2D eigenvalue weighted by molar-refractivity contribution is 0.343. The van der Waals surface area contributed by atoms with Crippen LogP contribution in [-0.4, -0.2) is 35.6 Å². The summed E-state index contributed by atoms with van der Waals surface area (Å²) in [7, 11) is 0. The van der Waals surface area contributed by atoms with Gasteiger partial charge in [-0.2, -0.15) is 0 Å². The lowest BCUT2D eigenvalue weighted by atomic mass is 10.1. The van der Waals surface area contributed by atoms with Crippen molar-refractivity contribution in [2.24, 2.45) is 5.73 Å². The highest BCUT2D eigenvalue weighted by molar-refractivity contribution is 5.86. The molecule has 3 heteroatoms. The van der Waals surface area contributed by atoms with Crippen LogP contribution in [0.5, 0.6) is 0 Å². The lowest BCUT2D eigenvalue weighted by Crippen LogP contribution is -2.22. The molecular formula is C18H27N3.